The number of halogens is 1. The summed E-state index contributed by atoms with van der Waals surface area (Å²) >= 11 is 7.48. The van der Waals surface area contributed by atoms with Crippen LogP contribution in [0.2, 0.25) is 5.02 Å². The summed E-state index contributed by atoms with van der Waals surface area (Å²) in [6.45, 7) is 4.75. The first-order chi connectivity index (χ1) is 9.20. The zero-order valence-electron chi connectivity index (χ0n) is 11.0. The lowest BCUT2D eigenvalue weighted by molar-refractivity contribution is -0.134. The molecule has 0 aromatic heterocycles. The first-order valence-corrected chi connectivity index (χ1v) is 7.75. The van der Waals surface area contributed by atoms with Gasteiger partial charge in [-0.1, -0.05) is 18.5 Å². The number of hydrogen-bond acceptors (Lipinski definition) is 3. The second-order valence-electron chi connectivity index (χ2n) is 4.41. The van der Waals surface area contributed by atoms with Gasteiger partial charge in [0, 0.05) is 23.0 Å². The lowest BCUT2D eigenvalue weighted by Crippen LogP contribution is -2.44. The highest BCUT2D eigenvalue weighted by atomic mass is 35.5. The predicted octanol–water partition coefficient (Wildman–Crippen LogP) is 3.07. The quantitative estimate of drug-likeness (QED) is 0.800. The molecule has 0 N–H and O–H groups in total. The molecule has 0 bridgehead atoms. The van der Waals surface area contributed by atoms with Gasteiger partial charge in [0.05, 0.1) is 18.5 Å². The van der Waals surface area contributed by atoms with Crippen LogP contribution in [0.1, 0.15) is 13.3 Å². The molecule has 1 aromatic rings. The second kappa shape index (κ2) is 7.17. The molecule has 1 unspecified atom stereocenters. The molecule has 0 saturated carbocycles. The first-order valence-electron chi connectivity index (χ1n) is 6.49. The monoisotopic (exact) mass is 299 g/mol. The standard InChI is InChI=1S/C14H18ClNO2S/c1-2-13(14(17)16-7-9-18-10-8-16)19-12-5-3-11(15)4-6-12/h3-6,13H,2,7-10H2,1H3. The van der Waals surface area contributed by atoms with Crippen LogP contribution in [-0.4, -0.2) is 42.4 Å². The van der Waals surface area contributed by atoms with Gasteiger partial charge in [0.1, 0.15) is 0 Å². The van der Waals surface area contributed by atoms with Gasteiger partial charge in [-0.2, -0.15) is 0 Å². The summed E-state index contributed by atoms with van der Waals surface area (Å²) in [5, 5.41) is 0.691. The Morgan fingerprint density at radius 1 is 1.37 bits per heavy atom. The van der Waals surface area contributed by atoms with Gasteiger partial charge in [0.25, 0.3) is 0 Å². The molecule has 104 valence electrons. The van der Waals surface area contributed by atoms with E-state index in [-0.39, 0.29) is 11.2 Å². The van der Waals surface area contributed by atoms with Gasteiger partial charge in [0.15, 0.2) is 0 Å². The third-order valence-corrected chi connectivity index (χ3v) is 4.68. The Balaban J connectivity index is 1.98. The summed E-state index contributed by atoms with van der Waals surface area (Å²) in [6, 6.07) is 7.64. The van der Waals surface area contributed by atoms with Crippen molar-refractivity contribution in [2.45, 2.75) is 23.5 Å². The van der Waals surface area contributed by atoms with Crippen molar-refractivity contribution in [1.82, 2.24) is 4.90 Å². The number of morpholine rings is 1. The SMILES string of the molecule is CCC(Sc1ccc(Cl)cc1)C(=O)N1CCOCC1. The molecule has 0 radical (unpaired) electrons. The van der Waals surface area contributed by atoms with E-state index in [1.165, 1.54) is 0 Å². The Bertz CT molecular complexity index is 418. The van der Waals surface area contributed by atoms with E-state index >= 15 is 0 Å². The molecule has 0 aliphatic carbocycles. The highest BCUT2D eigenvalue weighted by molar-refractivity contribution is 8.00. The lowest BCUT2D eigenvalue weighted by atomic mass is 10.2. The summed E-state index contributed by atoms with van der Waals surface area (Å²) in [4.78, 5) is 15.4. The molecular weight excluding hydrogens is 282 g/mol. The number of amides is 1. The molecule has 19 heavy (non-hydrogen) atoms. The predicted molar refractivity (Wildman–Crippen MR) is 78.8 cm³/mol. The number of benzene rings is 1. The van der Waals surface area contributed by atoms with Crippen LogP contribution in [0.5, 0.6) is 0 Å². The maximum Gasteiger partial charge on any atom is 0.236 e. The van der Waals surface area contributed by atoms with E-state index in [9.17, 15) is 4.79 Å². The molecular formula is C14H18ClNO2S. The van der Waals surface area contributed by atoms with Gasteiger partial charge in [0.2, 0.25) is 5.91 Å². The summed E-state index contributed by atoms with van der Waals surface area (Å²) in [6.07, 6.45) is 0.823. The van der Waals surface area contributed by atoms with Crippen LogP contribution < -0.4 is 0 Å². The van der Waals surface area contributed by atoms with Gasteiger partial charge < -0.3 is 9.64 Å². The van der Waals surface area contributed by atoms with Crippen LogP contribution in [0, 0.1) is 0 Å². The molecule has 1 aliphatic heterocycles. The fraction of sp³-hybridized carbons (Fsp3) is 0.500. The van der Waals surface area contributed by atoms with Gasteiger partial charge >= 0.3 is 0 Å². The van der Waals surface area contributed by atoms with Crippen molar-refractivity contribution in [3.05, 3.63) is 29.3 Å². The highest BCUT2D eigenvalue weighted by Gasteiger charge is 2.25. The molecule has 2 rings (SSSR count). The maximum atomic E-state index is 12.4. The van der Waals surface area contributed by atoms with Crippen molar-refractivity contribution in [3.8, 4) is 0 Å². The van der Waals surface area contributed by atoms with E-state index in [4.69, 9.17) is 16.3 Å². The molecule has 3 nitrogen and oxygen atoms in total. The third-order valence-electron chi connectivity index (χ3n) is 3.06. The largest absolute Gasteiger partial charge is 0.378 e. The number of thioether (sulfide) groups is 1. The Labute approximate surface area is 123 Å². The van der Waals surface area contributed by atoms with Crippen LogP contribution in [0.25, 0.3) is 0 Å². The summed E-state index contributed by atoms with van der Waals surface area (Å²) in [5.74, 6) is 0.214. The van der Waals surface area contributed by atoms with Crippen molar-refractivity contribution in [3.63, 3.8) is 0 Å². The van der Waals surface area contributed by atoms with E-state index in [1.54, 1.807) is 11.8 Å². The summed E-state index contributed by atoms with van der Waals surface area (Å²) < 4.78 is 5.28. The minimum atomic E-state index is -0.0284. The second-order valence-corrected chi connectivity index (χ2v) is 6.12. The Morgan fingerprint density at radius 3 is 2.58 bits per heavy atom. The van der Waals surface area contributed by atoms with Crippen molar-refractivity contribution >= 4 is 29.3 Å². The molecule has 0 spiro atoms. The Morgan fingerprint density at radius 2 is 2.00 bits per heavy atom. The minimum Gasteiger partial charge on any atom is -0.378 e. The highest BCUT2D eigenvalue weighted by Crippen LogP contribution is 2.28. The zero-order chi connectivity index (χ0) is 13.7. The summed E-state index contributed by atoms with van der Waals surface area (Å²) in [5.41, 5.74) is 0. The molecule has 1 aliphatic rings. The summed E-state index contributed by atoms with van der Waals surface area (Å²) in [7, 11) is 0. The average molecular weight is 300 g/mol. The van der Waals surface area contributed by atoms with E-state index in [0.29, 0.717) is 26.3 Å². The van der Waals surface area contributed by atoms with E-state index in [0.717, 1.165) is 16.3 Å². The molecule has 1 atom stereocenters. The van der Waals surface area contributed by atoms with E-state index < -0.39 is 0 Å². The van der Waals surface area contributed by atoms with Gasteiger partial charge in [-0.3, -0.25) is 4.79 Å². The van der Waals surface area contributed by atoms with Crippen molar-refractivity contribution in [1.29, 1.82) is 0 Å². The van der Waals surface area contributed by atoms with Crippen molar-refractivity contribution < 1.29 is 9.53 Å². The number of carbonyl (C=O) groups excluding carboxylic acids is 1. The van der Waals surface area contributed by atoms with Crippen LogP contribution in [-0.2, 0) is 9.53 Å². The fourth-order valence-corrected chi connectivity index (χ4v) is 3.14. The van der Waals surface area contributed by atoms with Gasteiger partial charge in [-0.15, -0.1) is 11.8 Å². The smallest absolute Gasteiger partial charge is 0.236 e. The first kappa shape index (κ1) is 14.7. The fourth-order valence-electron chi connectivity index (χ4n) is 1.97. The Hall–Kier alpha value is -0.710. The number of nitrogens with zero attached hydrogens (tertiary/aromatic N) is 1. The molecule has 1 amide bonds. The topological polar surface area (TPSA) is 29.5 Å². The third kappa shape index (κ3) is 4.13. The average Bonchev–Trinajstić information content (AvgIpc) is 2.47. The van der Waals surface area contributed by atoms with E-state index in [2.05, 4.69) is 0 Å². The molecule has 1 aromatic carbocycles. The number of rotatable bonds is 4. The van der Waals surface area contributed by atoms with Crippen LogP contribution >= 0.6 is 23.4 Å². The van der Waals surface area contributed by atoms with Gasteiger partial charge in [-0.25, -0.2) is 0 Å². The van der Waals surface area contributed by atoms with Crippen molar-refractivity contribution in [2.24, 2.45) is 0 Å². The number of carbonyl (C=O) groups is 1. The number of hydrogen-bond donors (Lipinski definition) is 0. The maximum absolute atomic E-state index is 12.4. The minimum absolute atomic E-state index is 0.0284. The zero-order valence-corrected chi connectivity index (χ0v) is 12.5. The van der Waals surface area contributed by atoms with Crippen molar-refractivity contribution in [2.75, 3.05) is 26.3 Å². The lowest BCUT2D eigenvalue weighted by Gasteiger charge is -2.29. The van der Waals surface area contributed by atoms with E-state index in [1.807, 2.05) is 36.1 Å². The Kier molecular flexibility index (Phi) is 5.55. The number of ether oxygens (including phenoxy) is 1. The van der Waals surface area contributed by atoms with Gasteiger partial charge in [-0.05, 0) is 30.7 Å². The van der Waals surface area contributed by atoms with Crippen LogP contribution in [0.4, 0.5) is 0 Å². The molecule has 1 heterocycles. The van der Waals surface area contributed by atoms with Crippen LogP contribution in [0.15, 0.2) is 29.2 Å². The normalized spacial score (nSPS) is 17.3. The molecule has 1 fully saturated rings. The molecule has 5 heteroatoms. The molecule has 1 saturated heterocycles. The van der Waals surface area contributed by atoms with Crippen LogP contribution in [0.3, 0.4) is 0 Å².